The third-order valence-electron chi connectivity index (χ3n) is 2.66. The van der Waals surface area contributed by atoms with E-state index in [0.717, 1.165) is 5.69 Å². The number of hydrogen-bond acceptors (Lipinski definition) is 5. The number of nitrogens with zero attached hydrogens (tertiary/aromatic N) is 2. The Bertz CT molecular complexity index is 552. The van der Waals surface area contributed by atoms with E-state index in [1.54, 1.807) is 6.07 Å². The lowest BCUT2D eigenvalue weighted by Gasteiger charge is -2.14. The van der Waals surface area contributed by atoms with Gasteiger partial charge in [-0.1, -0.05) is 17.3 Å². The molecule has 0 unspecified atom stereocenters. The maximum atomic E-state index is 12.2. The smallest absolute Gasteiger partial charge is 0.253 e. The number of anilines is 1. The minimum Gasteiger partial charge on any atom is -0.382 e. The predicted molar refractivity (Wildman–Crippen MR) is 75.5 cm³/mol. The fraction of sp³-hybridized carbons (Fsp3) is 0.357. The fourth-order valence-electron chi connectivity index (χ4n) is 1.80. The predicted octanol–water partition coefficient (Wildman–Crippen LogP) is 1.86. The number of carbonyl (C=O) groups is 1. The van der Waals surface area contributed by atoms with E-state index in [4.69, 9.17) is 0 Å². The summed E-state index contributed by atoms with van der Waals surface area (Å²) in [6, 6.07) is 7.71. The summed E-state index contributed by atoms with van der Waals surface area (Å²) in [6.45, 7) is 4.53. The van der Waals surface area contributed by atoms with Gasteiger partial charge in [-0.05, 0) is 26.0 Å². The summed E-state index contributed by atoms with van der Waals surface area (Å²) >= 11 is 0. The van der Waals surface area contributed by atoms with Crippen LogP contribution in [0.25, 0.3) is 0 Å². The van der Waals surface area contributed by atoms with Crippen LogP contribution in [0.3, 0.4) is 0 Å². The van der Waals surface area contributed by atoms with Crippen molar-refractivity contribution in [1.29, 1.82) is 0 Å². The summed E-state index contributed by atoms with van der Waals surface area (Å²) in [5.41, 5.74) is 1.47. The first-order valence-electron chi connectivity index (χ1n) is 6.56. The van der Waals surface area contributed by atoms with Crippen molar-refractivity contribution in [1.82, 2.24) is 15.5 Å². The minimum absolute atomic E-state index is 0.114. The van der Waals surface area contributed by atoms with E-state index in [9.17, 15) is 4.79 Å². The van der Waals surface area contributed by atoms with Crippen molar-refractivity contribution in [3.63, 3.8) is 0 Å². The SMILES string of the molecule is CC(C)Nc1ccccc1C(=O)NCCc1ncon1. The highest BCUT2D eigenvalue weighted by molar-refractivity contribution is 5.99. The van der Waals surface area contributed by atoms with Gasteiger partial charge < -0.3 is 15.2 Å². The van der Waals surface area contributed by atoms with Crippen molar-refractivity contribution >= 4 is 11.6 Å². The summed E-state index contributed by atoms with van der Waals surface area (Å²) < 4.78 is 4.64. The Morgan fingerprint density at radius 3 is 2.85 bits per heavy atom. The number of rotatable bonds is 6. The van der Waals surface area contributed by atoms with Crippen LogP contribution in [-0.4, -0.2) is 28.6 Å². The Morgan fingerprint density at radius 2 is 2.15 bits per heavy atom. The molecule has 0 bridgehead atoms. The molecule has 0 radical (unpaired) electrons. The molecule has 1 amide bonds. The number of amides is 1. The van der Waals surface area contributed by atoms with Crippen LogP contribution in [0.5, 0.6) is 0 Å². The lowest BCUT2D eigenvalue weighted by Crippen LogP contribution is -2.27. The molecule has 20 heavy (non-hydrogen) atoms. The van der Waals surface area contributed by atoms with Crippen molar-refractivity contribution in [2.24, 2.45) is 0 Å². The first kappa shape index (κ1) is 14.0. The van der Waals surface area contributed by atoms with Crippen LogP contribution >= 0.6 is 0 Å². The van der Waals surface area contributed by atoms with E-state index < -0.39 is 0 Å². The van der Waals surface area contributed by atoms with Gasteiger partial charge in [0, 0.05) is 24.7 Å². The Balaban J connectivity index is 1.94. The second-order valence-electron chi connectivity index (χ2n) is 4.70. The highest BCUT2D eigenvalue weighted by Crippen LogP contribution is 2.15. The van der Waals surface area contributed by atoms with E-state index in [1.165, 1.54) is 6.39 Å². The minimum atomic E-state index is -0.114. The Morgan fingerprint density at radius 1 is 1.35 bits per heavy atom. The van der Waals surface area contributed by atoms with Crippen LogP contribution in [0.2, 0.25) is 0 Å². The van der Waals surface area contributed by atoms with Gasteiger partial charge in [0.05, 0.1) is 5.56 Å². The molecule has 0 aliphatic rings. The molecule has 0 fully saturated rings. The average Bonchev–Trinajstić information content (AvgIpc) is 2.91. The molecule has 106 valence electrons. The molecule has 0 saturated heterocycles. The molecule has 0 spiro atoms. The highest BCUT2D eigenvalue weighted by atomic mass is 16.5. The number of para-hydroxylation sites is 1. The zero-order valence-electron chi connectivity index (χ0n) is 11.6. The van der Waals surface area contributed by atoms with Gasteiger partial charge >= 0.3 is 0 Å². The van der Waals surface area contributed by atoms with Gasteiger partial charge in [-0.25, -0.2) is 0 Å². The number of nitrogens with one attached hydrogen (secondary N) is 2. The van der Waals surface area contributed by atoms with Crippen molar-refractivity contribution < 1.29 is 9.32 Å². The molecule has 0 saturated carbocycles. The van der Waals surface area contributed by atoms with Gasteiger partial charge in [0.25, 0.3) is 5.91 Å². The molecule has 2 N–H and O–H groups in total. The number of hydrogen-bond donors (Lipinski definition) is 2. The van der Waals surface area contributed by atoms with Gasteiger partial charge in [0.1, 0.15) is 0 Å². The van der Waals surface area contributed by atoms with Gasteiger partial charge in [0.2, 0.25) is 6.39 Å². The lowest BCUT2D eigenvalue weighted by atomic mass is 10.1. The second-order valence-corrected chi connectivity index (χ2v) is 4.70. The van der Waals surface area contributed by atoms with Crippen molar-refractivity contribution in [2.45, 2.75) is 26.3 Å². The molecule has 1 aromatic heterocycles. The van der Waals surface area contributed by atoms with E-state index >= 15 is 0 Å². The fourth-order valence-corrected chi connectivity index (χ4v) is 1.80. The van der Waals surface area contributed by atoms with Crippen LogP contribution in [0.15, 0.2) is 35.2 Å². The summed E-state index contributed by atoms with van der Waals surface area (Å²) in [5, 5.41) is 9.80. The third-order valence-corrected chi connectivity index (χ3v) is 2.66. The summed E-state index contributed by atoms with van der Waals surface area (Å²) in [7, 11) is 0. The molecular formula is C14H18N4O2. The van der Waals surface area contributed by atoms with Crippen LogP contribution in [0.4, 0.5) is 5.69 Å². The first-order chi connectivity index (χ1) is 9.66. The maximum absolute atomic E-state index is 12.2. The molecular weight excluding hydrogens is 256 g/mol. The molecule has 0 atom stereocenters. The molecule has 2 aromatic rings. The lowest BCUT2D eigenvalue weighted by molar-refractivity contribution is 0.0954. The highest BCUT2D eigenvalue weighted by Gasteiger charge is 2.11. The van der Waals surface area contributed by atoms with Gasteiger partial charge in [0.15, 0.2) is 5.82 Å². The molecule has 2 rings (SSSR count). The van der Waals surface area contributed by atoms with Crippen LogP contribution < -0.4 is 10.6 Å². The first-order valence-corrected chi connectivity index (χ1v) is 6.56. The average molecular weight is 274 g/mol. The largest absolute Gasteiger partial charge is 0.382 e. The summed E-state index contributed by atoms with van der Waals surface area (Å²) in [5.74, 6) is 0.469. The topological polar surface area (TPSA) is 80.0 Å². The molecule has 6 nitrogen and oxygen atoms in total. The second kappa shape index (κ2) is 6.70. The van der Waals surface area contributed by atoms with Crippen LogP contribution in [-0.2, 0) is 6.42 Å². The zero-order chi connectivity index (χ0) is 14.4. The van der Waals surface area contributed by atoms with Crippen molar-refractivity contribution in [2.75, 3.05) is 11.9 Å². The maximum Gasteiger partial charge on any atom is 0.253 e. The summed E-state index contributed by atoms with van der Waals surface area (Å²) in [4.78, 5) is 16.1. The van der Waals surface area contributed by atoms with Gasteiger partial charge in [-0.15, -0.1) is 0 Å². The Kier molecular flexibility index (Phi) is 4.70. The molecule has 1 aromatic carbocycles. The van der Waals surface area contributed by atoms with Crippen molar-refractivity contribution in [3.05, 3.63) is 42.0 Å². The number of benzene rings is 1. The molecule has 6 heteroatoms. The third kappa shape index (κ3) is 3.81. The van der Waals surface area contributed by atoms with Crippen LogP contribution in [0, 0.1) is 0 Å². The standard InChI is InChI=1S/C14H18N4O2/c1-10(2)17-12-6-4-3-5-11(12)14(19)15-8-7-13-16-9-20-18-13/h3-6,9-10,17H,7-8H2,1-2H3,(H,15,19). The van der Waals surface area contributed by atoms with E-state index in [-0.39, 0.29) is 11.9 Å². The quantitative estimate of drug-likeness (QED) is 0.840. The zero-order valence-corrected chi connectivity index (χ0v) is 11.6. The normalized spacial score (nSPS) is 10.6. The van der Waals surface area contributed by atoms with Crippen LogP contribution in [0.1, 0.15) is 30.0 Å². The monoisotopic (exact) mass is 274 g/mol. The Hall–Kier alpha value is -2.37. The molecule has 0 aliphatic carbocycles. The van der Waals surface area contributed by atoms with Crippen molar-refractivity contribution in [3.8, 4) is 0 Å². The van der Waals surface area contributed by atoms with E-state index in [1.807, 2.05) is 32.0 Å². The van der Waals surface area contributed by atoms with E-state index in [0.29, 0.717) is 24.4 Å². The molecule has 1 heterocycles. The molecule has 0 aliphatic heterocycles. The number of carbonyl (C=O) groups excluding carboxylic acids is 1. The van der Waals surface area contributed by atoms with E-state index in [2.05, 4.69) is 25.3 Å². The van der Waals surface area contributed by atoms with Gasteiger partial charge in [-0.2, -0.15) is 4.98 Å². The van der Waals surface area contributed by atoms with Gasteiger partial charge in [-0.3, -0.25) is 4.79 Å². The number of aromatic nitrogens is 2. The summed E-state index contributed by atoms with van der Waals surface area (Å²) in [6.07, 6.45) is 1.82. The Labute approximate surface area is 117 Å².